The highest BCUT2D eigenvalue weighted by molar-refractivity contribution is 5.96. The molecule has 1 amide bonds. The van der Waals surface area contributed by atoms with Crippen LogP contribution in [-0.2, 0) is 0 Å². The van der Waals surface area contributed by atoms with Gasteiger partial charge in [-0.1, -0.05) is 37.1 Å². The van der Waals surface area contributed by atoms with Gasteiger partial charge in [-0.15, -0.1) is 0 Å². The number of nitrogens with one attached hydrogen (secondary N) is 2. The topological polar surface area (TPSA) is 57.3 Å². The number of rotatable bonds is 6. The maximum atomic E-state index is 12.7. The van der Waals surface area contributed by atoms with Crippen LogP contribution >= 0.6 is 0 Å². The third-order valence-electron chi connectivity index (χ3n) is 5.66. The summed E-state index contributed by atoms with van der Waals surface area (Å²) in [5.41, 5.74) is 4.48. The molecule has 3 aromatic rings. The maximum absolute atomic E-state index is 12.7. The summed E-state index contributed by atoms with van der Waals surface area (Å²) in [6.45, 7) is 5.89. The SMILES string of the molecule is Cc1cc(Nc2cccc(C(=O)NCCN3CCCCCC3)c2)c2ccccc2n1. The van der Waals surface area contributed by atoms with Crippen LogP contribution in [0.4, 0.5) is 11.4 Å². The van der Waals surface area contributed by atoms with E-state index >= 15 is 0 Å². The second-order valence-corrected chi connectivity index (χ2v) is 8.05. The Bertz CT molecular complexity index is 1010. The van der Waals surface area contributed by atoms with Crippen LogP contribution in [0.3, 0.4) is 0 Å². The van der Waals surface area contributed by atoms with E-state index in [-0.39, 0.29) is 5.91 Å². The van der Waals surface area contributed by atoms with Gasteiger partial charge in [0.2, 0.25) is 0 Å². The van der Waals surface area contributed by atoms with Crippen molar-refractivity contribution in [2.45, 2.75) is 32.6 Å². The molecule has 1 aliphatic rings. The van der Waals surface area contributed by atoms with Crippen molar-refractivity contribution in [3.63, 3.8) is 0 Å². The molecule has 1 fully saturated rings. The van der Waals surface area contributed by atoms with Gasteiger partial charge in [-0.3, -0.25) is 9.78 Å². The Hall–Kier alpha value is -2.92. The number of nitrogens with zero attached hydrogens (tertiary/aromatic N) is 2. The number of para-hydroxylation sites is 1. The van der Waals surface area contributed by atoms with Crippen LogP contribution in [-0.4, -0.2) is 42.0 Å². The molecule has 0 spiro atoms. The van der Waals surface area contributed by atoms with Crippen molar-refractivity contribution < 1.29 is 4.79 Å². The number of hydrogen-bond acceptors (Lipinski definition) is 4. The molecular weight excluding hydrogens is 372 g/mol. The second-order valence-electron chi connectivity index (χ2n) is 8.05. The van der Waals surface area contributed by atoms with E-state index in [2.05, 4.69) is 26.6 Å². The molecule has 1 aromatic heterocycles. The van der Waals surface area contributed by atoms with Gasteiger partial charge in [0.25, 0.3) is 5.91 Å². The first-order valence-corrected chi connectivity index (χ1v) is 10.9. The van der Waals surface area contributed by atoms with E-state index in [1.54, 1.807) is 0 Å². The number of aromatic nitrogens is 1. The minimum Gasteiger partial charge on any atom is -0.355 e. The summed E-state index contributed by atoms with van der Waals surface area (Å²) >= 11 is 0. The number of amides is 1. The molecule has 0 bridgehead atoms. The largest absolute Gasteiger partial charge is 0.355 e. The van der Waals surface area contributed by atoms with Crippen LogP contribution in [0.15, 0.2) is 54.6 Å². The number of aryl methyl sites for hydroxylation is 1. The summed E-state index contributed by atoms with van der Waals surface area (Å²) in [6, 6.07) is 17.8. The quantitative estimate of drug-likeness (QED) is 0.616. The summed E-state index contributed by atoms with van der Waals surface area (Å²) in [4.78, 5) is 19.7. The van der Waals surface area contributed by atoms with Gasteiger partial charge in [-0.05, 0) is 63.2 Å². The Labute approximate surface area is 178 Å². The lowest BCUT2D eigenvalue weighted by Crippen LogP contribution is -2.35. The number of anilines is 2. The summed E-state index contributed by atoms with van der Waals surface area (Å²) < 4.78 is 0. The zero-order chi connectivity index (χ0) is 20.8. The summed E-state index contributed by atoms with van der Waals surface area (Å²) in [6.07, 6.45) is 5.19. The van der Waals surface area contributed by atoms with Crippen LogP contribution < -0.4 is 10.6 Å². The lowest BCUT2D eigenvalue weighted by atomic mass is 10.1. The van der Waals surface area contributed by atoms with Gasteiger partial charge in [-0.2, -0.15) is 0 Å². The maximum Gasteiger partial charge on any atom is 0.251 e. The lowest BCUT2D eigenvalue weighted by molar-refractivity contribution is 0.0948. The minimum absolute atomic E-state index is 0.0239. The molecule has 0 atom stereocenters. The molecule has 1 saturated heterocycles. The first-order chi connectivity index (χ1) is 14.7. The molecule has 156 valence electrons. The smallest absolute Gasteiger partial charge is 0.251 e. The molecule has 1 aliphatic heterocycles. The number of carbonyl (C=O) groups is 1. The Kier molecular flexibility index (Phi) is 6.60. The first kappa shape index (κ1) is 20.4. The van der Waals surface area contributed by atoms with E-state index in [1.165, 1.54) is 25.7 Å². The van der Waals surface area contributed by atoms with Crippen LogP contribution in [0.5, 0.6) is 0 Å². The zero-order valence-electron chi connectivity index (χ0n) is 17.7. The highest BCUT2D eigenvalue weighted by Crippen LogP contribution is 2.26. The Balaban J connectivity index is 1.41. The first-order valence-electron chi connectivity index (χ1n) is 10.9. The van der Waals surface area contributed by atoms with Gasteiger partial charge in [0.15, 0.2) is 0 Å². The van der Waals surface area contributed by atoms with Crippen molar-refractivity contribution in [3.05, 3.63) is 65.9 Å². The van der Waals surface area contributed by atoms with Crippen molar-refractivity contribution in [1.82, 2.24) is 15.2 Å². The average molecular weight is 403 g/mol. The fourth-order valence-corrected chi connectivity index (χ4v) is 4.09. The van der Waals surface area contributed by atoms with Gasteiger partial charge in [0.05, 0.1) is 5.52 Å². The van der Waals surface area contributed by atoms with Crippen molar-refractivity contribution in [2.24, 2.45) is 0 Å². The molecule has 0 saturated carbocycles. The van der Waals surface area contributed by atoms with Crippen molar-refractivity contribution in [2.75, 3.05) is 31.5 Å². The van der Waals surface area contributed by atoms with Crippen LogP contribution in [0.2, 0.25) is 0 Å². The molecule has 5 heteroatoms. The molecule has 2 N–H and O–H groups in total. The minimum atomic E-state index is -0.0239. The lowest BCUT2D eigenvalue weighted by Gasteiger charge is -2.19. The summed E-state index contributed by atoms with van der Waals surface area (Å²) in [5, 5.41) is 7.61. The molecule has 30 heavy (non-hydrogen) atoms. The van der Waals surface area contributed by atoms with Crippen molar-refractivity contribution in [3.8, 4) is 0 Å². The second kappa shape index (κ2) is 9.72. The highest BCUT2D eigenvalue weighted by atomic mass is 16.1. The molecule has 0 radical (unpaired) electrons. The molecule has 0 aliphatic carbocycles. The van der Waals surface area contributed by atoms with E-state index in [9.17, 15) is 4.79 Å². The number of benzene rings is 2. The Morgan fingerprint density at radius 3 is 2.63 bits per heavy atom. The molecule has 2 aromatic carbocycles. The monoisotopic (exact) mass is 402 g/mol. The van der Waals surface area contributed by atoms with Gasteiger partial charge in [0.1, 0.15) is 0 Å². The third-order valence-corrected chi connectivity index (χ3v) is 5.66. The Morgan fingerprint density at radius 2 is 1.80 bits per heavy atom. The van der Waals surface area contributed by atoms with Crippen molar-refractivity contribution in [1.29, 1.82) is 0 Å². The number of likely N-dealkylation sites (tertiary alicyclic amines) is 1. The van der Waals surface area contributed by atoms with E-state index in [0.717, 1.165) is 47.6 Å². The van der Waals surface area contributed by atoms with Crippen molar-refractivity contribution >= 4 is 28.2 Å². The molecular formula is C25H30N4O. The summed E-state index contributed by atoms with van der Waals surface area (Å²) in [5.74, 6) is -0.0239. The van der Waals surface area contributed by atoms with E-state index in [1.807, 2.05) is 55.5 Å². The van der Waals surface area contributed by atoms with Gasteiger partial charge >= 0.3 is 0 Å². The number of hydrogen-bond donors (Lipinski definition) is 2. The normalized spacial score (nSPS) is 15.0. The zero-order valence-corrected chi connectivity index (χ0v) is 17.7. The fourth-order valence-electron chi connectivity index (χ4n) is 4.09. The van der Waals surface area contributed by atoms with E-state index in [4.69, 9.17) is 0 Å². The average Bonchev–Trinajstić information content (AvgIpc) is 3.03. The fraction of sp³-hybridized carbons (Fsp3) is 0.360. The van der Waals surface area contributed by atoms with E-state index in [0.29, 0.717) is 12.1 Å². The van der Waals surface area contributed by atoms with Gasteiger partial charge in [0, 0.05) is 41.1 Å². The van der Waals surface area contributed by atoms with Crippen LogP contribution in [0.25, 0.3) is 10.9 Å². The number of carbonyl (C=O) groups excluding carboxylic acids is 1. The highest BCUT2D eigenvalue weighted by Gasteiger charge is 2.11. The molecule has 0 unspecified atom stereocenters. The van der Waals surface area contributed by atoms with Gasteiger partial charge in [-0.25, -0.2) is 0 Å². The third kappa shape index (κ3) is 5.16. The predicted octanol–water partition coefficient (Wildman–Crippen LogP) is 4.89. The Morgan fingerprint density at radius 1 is 1.00 bits per heavy atom. The number of pyridine rings is 1. The molecule has 4 rings (SSSR count). The van der Waals surface area contributed by atoms with Crippen LogP contribution in [0, 0.1) is 6.92 Å². The summed E-state index contributed by atoms with van der Waals surface area (Å²) in [7, 11) is 0. The molecule has 2 heterocycles. The van der Waals surface area contributed by atoms with Crippen LogP contribution in [0.1, 0.15) is 41.7 Å². The van der Waals surface area contributed by atoms with E-state index < -0.39 is 0 Å². The standard InChI is InChI=1S/C25H30N4O/c1-19-17-24(22-11-4-5-12-23(22)27-19)28-21-10-8-9-20(18-21)25(30)26-13-16-29-14-6-2-3-7-15-29/h4-5,8-12,17-18H,2-3,6-7,13-16H2,1H3,(H,26,30)(H,27,28). The predicted molar refractivity (Wildman–Crippen MR) is 123 cm³/mol. The van der Waals surface area contributed by atoms with Gasteiger partial charge < -0.3 is 15.5 Å². The molecule has 5 nitrogen and oxygen atoms in total. The number of fused-ring (bicyclic) bond motifs is 1.